The van der Waals surface area contributed by atoms with Crippen molar-refractivity contribution >= 4 is 5.96 Å². The van der Waals surface area contributed by atoms with Crippen LogP contribution in [0.1, 0.15) is 26.7 Å². The fourth-order valence-electron chi connectivity index (χ4n) is 2.46. The van der Waals surface area contributed by atoms with Crippen LogP contribution in [0.4, 0.5) is 0 Å². The average molecular weight is 284 g/mol. The number of nitrogens with zero attached hydrogens (tertiary/aromatic N) is 3. The second kappa shape index (κ2) is 9.19. The lowest BCUT2D eigenvalue weighted by Crippen LogP contribution is -2.44. The minimum Gasteiger partial charge on any atom is -0.381 e. The Kier molecular flexibility index (Phi) is 7.92. The summed E-state index contributed by atoms with van der Waals surface area (Å²) in [6.45, 7) is 9.27. The Morgan fingerprint density at radius 3 is 2.75 bits per heavy atom. The van der Waals surface area contributed by atoms with Crippen LogP contribution in [-0.4, -0.2) is 75.8 Å². The van der Waals surface area contributed by atoms with Gasteiger partial charge in [0.15, 0.2) is 5.96 Å². The zero-order valence-corrected chi connectivity index (χ0v) is 13.9. The standard InChI is InChI=1S/C15H32N4O/c1-6-13(2)18(4)9-8-17-15(16-3)19(5)11-14-7-10-20-12-14/h13-14H,6-12H2,1-5H3,(H,16,17). The third-order valence-electron chi connectivity index (χ3n) is 4.22. The SMILES string of the molecule is CCC(C)N(C)CCNC(=NC)N(C)CC1CCOC1. The summed E-state index contributed by atoms with van der Waals surface area (Å²) in [7, 11) is 6.13. The first-order chi connectivity index (χ1) is 9.58. The van der Waals surface area contributed by atoms with Gasteiger partial charge in [0.2, 0.25) is 0 Å². The molecule has 2 atom stereocenters. The fraction of sp³-hybridized carbons (Fsp3) is 0.933. The van der Waals surface area contributed by atoms with Crippen molar-refractivity contribution in [2.45, 2.75) is 32.7 Å². The molecule has 2 unspecified atom stereocenters. The summed E-state index contributed by atoms with van der Waals surface area (Å²) >= 11 is 0. The molecule has 1 rings (SSSR count). The Morgan fingerprint density at radius 1 is 1.45 bits per heavy atom. The molecule has 1 N–H and O–H groups in total. The molecule has 1 heterocycles. The van der Waals surface area contributed by atoms with E-state index >= 15 is 0 Å². The largest absolute Gasteiger partial charge is 0.381 e. The lowest BCUT2D eigenvalue weighted by Gasteiger charge is -2.27. The minimum atomic E-state index is 0.632. The highest BCUT2D eigenvalue weighted by Crippen LogP contribution is 2.13. The number of hydrogen-bond donors (Lipinski definition) is 1. The van der Waals surface area contributed by atoms with Crippen LogP contribution in [0.3, 0.4) is 0 Å². The second-order valence-corrected chi connectivity index (χ2v) is 5.82. The zero-order valence-electron chi connectivity index (χ0n) is 13.9. The Bertz CT molecular complexity index is 290. The number of nitrogens with one attached hydrogen (secondary N) is 1. The maximum absolute atomic E-state index is 5.43. The fourth-order valence-corrected chi connectivity index (χ4v) is 2.46. The van der Waals surface area contributed by atoms with Crippen molar-refractivity contribution < 1.29 is 4.74 Å². The van der Waals surface area contributed by atoms with Crippen molar-refractivity contribution in [2.75, 3.05) is 54.0 Å². The Balaban J connectivity index is 2.28. The molecule has 0 saturated carbocycles. The quantitative estimate of drug-likeness (QED) is 0.564. The molecule has 1 saturated heterocycles. The van der Waals surface area contributed by atoms with E-state index in [-0.39, 0.29) is 0 Å². The van der Waals surface area contributed by atoms with Crippen LogP contribution in [0.15, 0.2) is 4.99 Å². The lowest BCUT2D eigenvalue weighted by molar-refractivity contribution is 0.181. The van der Waals surface area contributed by atoms with Crippen molar-refractivity contribution in [2.24, 2.45) is 10.9 Å². The smallest absolute Gasteiger partial charge is 0.193 e. The molecule has 20 heavy (non-hydrogen) atoms. The minimum absolute atomic E-state index is 0.632. The van der Waals surface area contributed by atoms with Crippen LogP contribution >= 0.6 is 0 Å². The highest BCUT2D eigenvalue weighted by atomic mass is 16.5. The van der Waals surface area contributed by atoms with Crippen LogP contribution in [0, 0.1) is 5.92 Å². The Morgan fingerprint density at radius 2 is 2.20 bits per heavy atom. The monoisotopic (exact) mass is 284 g/mol. The maximum atomic E-state index is 5.43. The van der Waals surface area contributed by atoms with E-state index in [1.807, 2.05) is 7.05 Å². The number of hydrogen-bond acceptors (Lipinski definition) is 3. The van der Waals surface area contributed by atoms with E-state index in [1.54, 1.807) is 0 Å². The molecule has 118 valence electrons. The van der Waals surface area contributed by atoms with Gasteiger partial charge in [-0.05, 0) is 26.8 Å². The summed E-state index contributed by atoms with van der Waals surface area (Å²) in [5, 5.41) is 3.45. The van der Waals surface area contributed by atoms with Gasteiger partial charge in [0.05, 0.1) is 6.61 Å². The van der Waals surface area contributed by atoms with E-state index in [4.69, 9.17) is 4.74 Å². The number of ether oxygens (including phenoxy) is 1. The van der Waals surface area contributed by atoms with E-state index in [9.17, 15) is 0 Å². The molecule has 0 aromatic carbocycles. The summed E-state index contributed by atoms with van der Waals surface area (Å²) in [6.07, 6.45) is 2.35. The van der Waals surface area contributed by atoms with Gasteiger partial charge < -0.3 is 19.9 Å². The molecule has 1 aliphatic rings. The molecule has 0 bridgehead atoms. The van der Waals surface area contributed by atoms with Gasteiger partial charge in [-0.1, -0.05) is 6.92 Å². The molecule has 0 amide bonds. The summed E-state index contributed by atoms with van der Waals surface area (Å²) in [5.41, 5.74) is 0. The van der Waals surface area contributed by atoms with E-state index in [1.165, 1.54) is 6.42 Å². The van der Waals surface area contributed by atoms with Gasteiger partial charge in [0.1, 0.15) is 0 Å². The summed E-state index contributed by atoms with van der Waals surface area (Å²) in [6, 6.07) is 0.632. The normalized spacial score (nSPS) is 21.3. The van der Waals surface area contributed by atoms with Crippen molar-refractivity contribution in [1.82, 2.24) is 15.1 Å². The van der Waals surface area contributed by atoms with Gasteiger partial charge >= 0.3 is 0 Å². The molecule has 0 aromatic heterocycles. The molecular formula is C15H32N4O. The third-order valence-corrected chi connectivity index (χ3v) is 4.22. The summed E-state index contributed by atoms with van der Waals surface area (Å²) < 4.78 is 5.43. The van der Waals surface area contributed by atoms with Gasteiger partial charge in [-0.15, -0.1) is 0 Å². The Labute approximate surface area is 124 Å². The molecule has 5 nitrogen and oxygen atoms in total. The lowest BCUT2D eigenvalue weighted by atomic mass is 10.1. The molecule has 0 spiro atoms. The van der Waals surface area contributed by atoms with E-state index in [2.05, 4.69) is 48.1 Å². The molecule has 5 heteroatoms. The second-order valence-electron chi connectivity index (χ2n) is 5.82. The van der Waals surface area contributed by atoms with Gasteiger partial charge in [-0.25, -0.2) is 0 Å². The third kappa shape index (κ3) is 5.67. The van der Waals surface area contributed by atoms with Crippen molar-refractivity contribution in [3.05, 3.63) is 0 Å². The van der Waals surface area contributed by atoms with Gasteiger partial charge in [0.25, 0.3) is 0 Å². The van der Waals surface area contributed by atoms with E-state index in [0.717, 1.165) is 45.2 Å². The molecule has 0 radical (unpaired) electrons. The highest BCUT2D eigenvalue weighted by Gasteiger charge is 2.19. The molecule has 0 aromatic rings. The topological polar surface area (TPSA) is 40.1 Å². The first-order valence-electron chi connectivity index (χ1n) is 7.78. The van der Waals surface area contributed by atoms with Gasteiger partial charge in [0, 0.05) is 52.3 Å². The van der Waals surface area contributed by atoms with Crippen LogP contribution in [0.25, 0.3) is 0 Å². The summed E-state index contributed by atoms with van der Waals surface area (Å²) in [4.78, 5) is 8.95. The molecular weight excluding hydrogens is 252 g/mol. The van der Waals surface area contributed by atoms with Crippen LogP contribution in [0.5, 0.6) is 0 Å². The van der Waals surface area contributed by atoms with E-state index in [0.29, 0.717) is 12.0 Å². The highest BCUT2D eigenvalue weighted by molar-refractivity contribution is 5.79. The number of guanidine groups is 1. The van der Waals surface area contributed by atoms with Gasteiger partial charge in [-0.3, -0.25) is 4.99 Å². The number of likely N-dealkylation sites (N-methyl/N-ethyl adjacent to an activating group) is 1. The first-order valence-corrected chi connectivity index (χ1v) is 7.78. The van der Waals surface area contributed by atoms with Gasteiger partial charge in [-0.2, -0.15) is 0 Å². The molecule has 1 fully saturated rings. The summed E-state index contributed by atoms with van der Waals surface area (Å²) in [5.74, 6) is 1.62. The molecule has 1 aliphatic heterocycles. The Hall–Kier alpha value is -0.810. The van der Waals surface area contributed by atoms with Crippen molar-refractivity contribution in [3.8, 4) is 0 Å². The van der Waals surface area contributed by atoms with Crippen LogP contribution in [-0.2, 0) is 4.74 Å². The number of rotatable bonds is 7. The van der Waals surface area contributed by atoms with Crippen molar-refractivity contribution in [3.63, 3.8) is 0 Å². The predicted octanol–water partition coefficient (Wildman–Crippen LogP) is 1.26. The predicted molar refractivity (Wildman–Crippen MR) is 85.3 cm³/mol. The van der Waals surface area contributed by atoms with E-state index < -0.39 is 0 Å². The number of aliphatic imine (C=N–C) groups is 1. The van der Waals surface area contributed by atoms with Crippen molar-refractivity contribution in [1.29, 1.82) is 0 Å². The first kappa shape index (κ1) is 17.2. The van der Waals surface area contributed by atoms with Crippen LogP contribution in [0.2, 0.25) is 0 Å². The molecule has 0 aliphatic carbocycles. The average Bonchev–Trinajstić information content (AvgIpc) is 2.95. The van der Waals surface area contributed by atoms with Crippen LogP contribution < -0.4 is 5.32 Å². The maximum Gasteiger partial charge on any atom is 0.193 e. The zero-order chi connectivity index (χ0) is 15.0.